The third-order valence-electron chi connectivity index (χ3n) is 4.65. The molecule has 24 heavy (non-hydrogen) atoms. The van der Waals surface area contributed by atoms with Crippen LogP contribution in [0.15, 0.2) is 24.3 Å². The number of amides is 2. The number of likely N-dealkylation sites (N-methyl/N-ethyl adjacent to an activating group) is 1. The van der Waals surface area contributed by atoms with E-state index in [-0.39, 0.29) is 24.3 Å². The lowest BCUT2D eigenvalue weighted by atomic mass is 10.1. The van der Waals surface area contributed by atoms with Gasteiger partial charge >= 0.3 is 5.97 Å². The SMILES string of the molecule is COC(=O)c1ccc(N2C(=O)C[C@@H](N3CCN(C)CC3)C2=O)cc1. The molecule has 0 spiro atoms. The van der Waals surface area contributed by atoms with Crippen LogP contribution in [-0.4, -0.2) is 74.0 Å². The summed E-state index contributed by atoms with van der Waals surface area (Å²) in [5.74, 6) is -0.832. The number of benzene rings is 1. The summed E-state index contributed by atoms with van der Waals surface area (Å²) in [7, 11) is 3.36. The van der Waals surface area contributed by atoms with Gasteiger partial charge in [-0.05, 0) is 31.3 Å². The first kappa shape index (κ1) is 16.6. The van der Waals surface area contributed by atoms with Crippen LogP contribution in [0.4, 0.5) is 5.69 Å². The minimum Gasteiger partial charge on any atom is -0.465 e. The van der Waals surface area contributed by atoms with Gasteiger partial charge in [0, 0.05) is 26.2 Å². The summed E-state index contributed by atoms with van der Waals surface area (Å²) in [5.41, 5.74) is 0.880. The fourth-order valence-corrected chi connectivity index (χ4v) is 3.17. The molecule has 7 nitrogen and oxygen atoms in total. The maximum Gasteiger partial charge on any atom is 0.337 e. The molecule has 7 heteroatoms. The molecule has 2 aliphatic heterocycles. The second-order valence-electron chi connectivity index (χ2n) is 6.17. The van der Waals surface area contributed by atoms with Gasteiger partial charge in [-0.25, -0.2) is 9.69 Å². The van der Waals surface area contributed by atoms with Gasteiger partial charge in [0.1, 0.15) is 0 Å². The Hall–Kier alpha value is -2.25. The van der Waals surface area contributed by atoms with Crippen LogP contribution in [-0.2, 0) is 14.3 Å². The molecule has 0 saturated carbocycles. The highest BCUT2D eigenvalue weighted by molar-refractivity contribution is 6.22. The Bertz CT molecular complexity index is 650. The van der Waals surface area contributed by atoms with Crippen LogP contribution in [0.2, 0.25) is 0 Å². The van der Waals surface area contributed by atoms with Crippen molar-refractivity contribution in [2.24, 2.45) is 0 Å². The number of esters is 1. The van der Waals surface area contributed by atoms with E-state index in [1.54, 1.807) is 24.3 Å². The lowest BCUT2D eigenvalue weighted by Gasteiger charge is -2.35. The fourth-order valence-electron chi connectivity index (χ4n) is 3.17. The molecular formula is C17H21N3O4. The van der Waals surface area contributed by atoms with E-state index in [0.29, 0.717) is 11.3 Å². The molecular weight excluding hydrogens is 310 g/mol. The van der Waals surface area contributed by atoms with E-state index in [1.807, 2.05) is 7.05 Å². The number of rotatable bonds is 3. The van der Waals surface area contributed by atoms with Crippen LogP contribution in [0.5, 0.6) is 0 Å². The molecule has 2 fully saturated rings. The van der Waals surface area contributed by atoms with Gasteiger partial charge in [0.2, 0.25) is 5.91 Å². The highest BCUT2D eigenvalue weighted by Gasteiger charge is 2.43. The van der Waals surface area contributed by atoms with Crippen LogP contribution >= 0.6 is 0 Å². The van der Waals surface area contributed by atoms with Crippen LogP contribution in [0, 0.1) is 0 Å². The summed E-state index contributed by atoms with van der Waals surface area (Å²) < 4.78 is 4.65. The van der Waals surface area contributed by atoms with Gasteiger partial charge in [0.05, 0.1) is 30.8 Å². The lowest BCUT2D eigenvalue weighted by Crippen LogP contribution is -2.51. The molecule has 0 N–H and O–H groups in total. The highest BCUT2D eigenvalue weighted by Crippen LogP contribution is 2.26. The van der Waals surface area contributed by atoms with Crippen molar-refractivity contribution < 1.29 is 19.1 Å². The third-order valence-corrected chi connectivity index (χ3v) is 4.65. The third kappa shape index (κ3) is 3.05. The molecule has 0 aromatic heterocycles. The van der Waals surface area contributed by atoms with Crippen molar-refractivity contribution in [2.45, 2.75) is 12.5 Å². The minimum atomic E-state index is -0.448. The van der Waals surface area contributed by atoms with E-state index >= 15 is 0 Å². The predicted molar refractivity (Wildman–Crippen MR) is 87.7 cm³/mol. The Kier molecular flexibility index (Phi) is 4.64. The van der Waals surface area contributed by atoms with E-state index in [4.69, 9.17) is 0 Å². The zero-order valence-corrected chi connectivity index (χ0v) is 13.9. The van der Waals surface area contributed by atoms with Gasteiger partial charge in [0.15, 0.2) is 0 Å². The molecule has 0 unspecified atom stereocenters. The molecule has 2 saturated heterocycles. The Labute approximate surface area is 140 Å². The van der Waals surface area contributed by atoms with Crippen LogP contribution < -0.4 is 4.90 Å². The Morgan fingerprint density at radius 3 is 2.29 bits per heavy atom. The molecule has 0 aliphatic carbocycles. The Morgan fingerprint density at radius 2 is 1.71 bits per heavy atom. The number of hydrogen-bond acceptors (Lipinski definition) is 6. The first-order chi connectivity index (χ1) is 11.5. The summed E-state index contributed by atoms with van der Waals surface area (Å²) in [6.45, 7) is 3.36. The standard InChI is InChI=1S/C17H21N3O4/c1-18-7-9-19(10-8-18)14-11-15(21)20(16(14)22)13-5-3-12(4-6-13)17(23)24-2/h3-6,14H,7-11H2,1-2H3/t14-/m1/s1. The van der Waals surface area contributed by atoms with E-state index in [1.165, 1.54) is 12.0 Å². The summed E-state index contributed by atoms with van der Waals surface area (Å²) in [4.78, 5) is 42.1. The molecule has 1 atom stereocenters. The number of carbonyl (C=O) groups excluding carboxylic acids is 3. The summed E-state index contributed by atoms with van der Waals surface area (Å²) in [6.07, 6.45) is 0.210. The molecule has 2 amide bonds. The normalized spacial score (nSPS) is 22.9. The quantitative estimate of drug-likeness (QED) is 0.588. The van der Waals surface area contributed by atoms with Gasteiger partial charge in [-0.2, -0.15) is 0 Å². The Balaban J connectivity index is 1.75. The zero-order valence-electron chi connectivity index (χ0n) is 13.9. The van der Waals surface area contributed by atoms with Crippen molar-refractivity contribution in [3.63, 3.8) is 0 Å². The number of piperazine rings is 1. The van der Waals surface area contributed by atoms with Crippen molar-refractivity contribution in [1.29, 1.82) is 0 Å². The average Bonchev–Trinajstić information content (AvgIpc) is 2.89. The molecule has 128 valence electrons. The fraction of sp³-hybridized carbons (Fsp3) is 0.471. The van der Waals surface area contributed by atoms with Gasteiger partial charge in [-0.1, -0.05) is 0 Å². The van der Waals surface area contributed by atoms with Crippen molar-refractivity contribution >= 4 is 23.5 Å². The molecule has 1 aromatic carbocycles. The van der Waals surface area contributed by atoms with Gasteiger partial charge in [-0.3, -0.25) is 14.5 Å². The van der Waals surface area contributed by atoms with Crippen LogP contribution in [0.25, 0.3) is 0 Å². The molecule has 1 aromatic rings. The number of imide groups is 1. The first-order valence-corrected chi connectivity index (χ1v) is 7.99. The summed E-state index contributed by atoms with van der Waals surface area (Å²) >= 11 is 0. The van der Waals surface area contributed by atoms with Crippen molar-refractivity contribution in [2.75, 3.05) is 45.2 Å². The molecule has 0 bridgehead atoms. The van der Waals surface area contributed by atoms with E-state index in [2.05, 4.69) is 14.5 Å². The number of carbonyl (C=O) groups is 3. The maximum atomic E-state index is 12.7. The largest absolute Gasteiger partial charge is 0.465 e. The average molecular weight is 331 g/mol. The number of nitrogens with zero attached hydrogens (tertiary/aromatic N) is 3. The number of anilines is 1. The second-order valence-corrected chi connectivity index (χ2v) is 6.17. The van der Waals surface area contributed by atoms with Crippen molar-refractivity contribution in [3.8, 4) is 0 Å². The lowest BCUT2D eigenvalue weighted by molar-refractivity contribution is -0.123. The zero-order chi connectivity index (χ0) is 17.3. The second kappa shape index (κ2) is 6.70. The first-order valence-electron chi connectivity index (χ1n) is 7.99. The smallest absolute Gasteiger partial charge is 0.337 e. The van der Waals surface area contributed by atoms with Gasteiger partial charge in [0.25, 0.3) is 5.91 Å². The van der Waals surface area contributed by atoms with E-state index in [0.717, 1.165) is 26.2 Å². The summed E-state index contributed by atoms with van der Waals surface area (Å²) in [5, 5.41) is 0. The van der Waals surface area contributed by atoms with Gasteiger partial charge in [-0.15, -0.1) is 0 Å². The van der Waals surface area contributed by atoms with E-state index < -0.39 is 5.97 Å². The monoisotopic (exact) mass is 331 g/mol. The van der Waals surface area contributed by atoms with Crippen LogP contribution in [0.3, 0.4) is 0 Å². The summed E-state index contributed by atoms with van der Waals surface area (Å²) in [6, 6.07) is 5.95. The van der Waals surface area contributed by atoms with Crippen molar-refractivity contribution in [1.82, 2.24) is 9.80 Å². The molecule has 2 heterocycles. The van der Waals surface area contributed by atoms with E-state index in [9.17, 15) is 14.4 Å². The number of ether oxygens (including phenoxy) is 1. The molecule has 2 aliphatic rings. The van der Waals surface area contributed by atoms with Crippen molar-refractivity contribution in [3.05, 3.63) is 29.8 Å². The topological polar surface area (TPSA) is 70.2 Å². The number of methoxy groups -OCH3 is 1. The minimum absolute atomic E-state index is 0.185. The van der Waals surface area contributed by atoms with Gasteiger partial charge < -0.3 is 9.64 Å². The maximum absolute atomic E-state index is 12.7. The number of hydrogen-bond donors (Lipinski definition) is 0. The highest BCUT2D eigenvalue weighted by atomic mass is 16.5. The molecule has 0 radical (unpaired) electrons. The predicted octanol–water partition coefficient (Wildman–Crippen LogP) is 0.353. The molecule has 3 rings (SSSR count). The Morgan fingerprint density at radius 1 is 1.08 bits per heavy atom. The van der Waals surface area contributed by atoms with Crippen LogP contribution in [0.1, 0.15) is 16.8 Å².